The zero-order valence-electron chi connectivity index (χ0n) is 15.0. The fourth-order valence-electron chi connectivity index (χ4n) is 4.18. The SMILES string of the molecule is CCCCCCCCC(NC)C1(OCC)CCCC(C)C1. The van der Waals surface area contributed by atoms with E-state index in [2.05, 4.69) is 33.1 Å². The third kappa shape index (κ3) is 6.28. The largest absolute Gasteiger partial charge is 0.374 e. The fourth-order valence-corrected chi connectivity index (χ4v) is 4.18. The number of ether oxygens (including phenoxy) is 1. The van der Waals surface area contributed by atoms with Crippen molar-refractivity contribution in [2.75, 3.05) is 13.7 Å². The molecule has 3 atom stereocenters. The van der Waals surface area contributed by atoms with Gasteiger partial charge in [-0.15, -0.1) is 0 Å². The summed E-state index contributed by atoms with van der Waals surface area (Å²) in [4.78, 5) is 0. The lowest BCUT2D eigenvalue weighted by molar-refractivity contribution is -0.101. The van der Waals surface area contributed by atoms with Gasteiger partial charge in [0.15, 0.2) is 0 Å². The molecule has 2 heteroatoms. The van der Waals surface area contributed by atoms with Gasteiger partial charge in [-0.1, -0.05) is 65.2 Å². The summed E-state index contributed by atoms with van der Waals surface area (Å²) in [5.74, 6) is 0.811. The highest BCUT2D eigenvalue weighted by atomic mass is 16.5. The highest BCUT2D eigenvalue weighted by molar-refractivity contribution is 4.96. The first-order valence-corrected chi connectivity index (χ1v) is 9.49. The van der Waals surface area contributed by atoms with Crippen molar-refractivity contribution in [1.82, 2.24) is 5.32 Å². The normalized spacial score (nSPS) is 27.7. The van der Waals surface area contributed by atoms with E-state index in [1.54, 1.807) is 0 Å². The summed E-state index contributed by atoms with van der Waals surface area (Å²) < 4.78 is 6.33. The average Bonchev–Trinajstić information content (AvgIpc) is 2.46. The number of nitrogens with one attached hydrogen (secondary N) is 1. The Morgan fingerprint density at radius 3 is 2.48 bits per heavy atom. The fraction of sp³-hybridized carbons (Fsp3) is 1.00. The minimum Gasteiger partial charge on any atom is -0.374 e. The summed E-state index contributed by atoms with van der Waals surface area (Å²) >= 11 is 0. The molecule has 21 heavy (non-hydrogen) atoms. The molecule has 0 spiro atoms. The molecule has 0 aromatic rings. The third-order valence-corrected chi connectivity index (χ3v) is 5.25. The number of rotatable bonds is 11. The second-order valence-corrected chi connectivity index (χ2v) is 7.10. The van der Waals surface area contributed by atoms with Crippen molar-refractivity contribution in [1.29, 1.82) is 0 Å². The molecule has 0 aliphatic heterocycles. The Balaban J connectivity index is 2.45. The zero-order chi connectivity index (χ0) is 15.6. The van der Waals surface area contributed by atoms with Gasteiger partial charge in [0.05, 0.1) is 5.60 Å². The molecule has 1 saturated carbocycles. The zero-order valence-corrected chi connectivity index (χ0v) is 15.0. The van der Waals surface area contributed by atoms with Crippen molar-refractivity contribution in [3.8, 4) is 0 Å². The molecule has 0 heterocycles. The predicted molar refractivity (Wildman–Crippen MR) is 92.8 cm³/mol. The lowest BCUT2D eigenvalue weighted by Crippen LogP contribution is -2.54. The van der Waals surface area contributed by atoms with E-state index < -0.39 is 0 Å². The van der Waals surface area contributed by atoms with Crippen molar-refractivity contribution in [3.05, 3.63) is 0 Å². The summed E-state index contributed by atoms with van der Waals surface area (Å²) in [6.45, 7) is 7.68. The summed E-state index contributed by atoms with van der Waals surface area (Å²) in [5, 5.41) is 3.60. The quantitative estimate of drug-likeness (QED) is 0.522. The molecule has 3 unspecified atom stereocenters. The molecule has 0 saturated heterocycles. The van der Waals surface area contributed by atoms with Crippen LogP contribution in [-0.4, -0.2) is 25.3 Å². The summed E-state index contributed by atoms with van der Waals surface area (Å²) in [6.07, 6.45) is 14.7. The van der Waals surface area contributed by atoms with Crippen LogP contribution in [-0.2, 0) is 4.74 Å². The van der Waals surface area contributed by atoms with Gasteiger partial charge in [-0.2, -0.15) is 0 Å². The maximum absolute atomic E-state index is 6.33. The maximum Gasteiger partial charge on any atom is 0.0837 e. The van der Waals surface area contributed by atoms with E-state index in [-0.39, 0.29) is 5.60 Å². The van der Waals surface area contributed by atoms with Crippen molar-refractivity contribution in [2.24, 2.45) is 5.92 Å². The molecule has 126 valence electrons. The summed E-state index contributed by atoms with van der Waals surface area (Å²) in [5.41, 5.74) is 0.102. The van der Waals surface area contributed by atoms with Gasteiger partial charge in [-0.3, -0.25) is 0 Å². The van der Waals surface area contributed by atoms with Gasteiger partial charge in [0.2, 0.25) is 0 Å². The van der Waals surface area contributed by atoms with Crippen molar-refractivity contribution >= 4 is 0 Å². The molecular formula is C19H39NO. The van der Waals surface area contributed by atoms with E-state index in [1.165, 1.54) is 70.6 Å². The van der Waals surface area contributed by atoms with E-state index in [4.69, 9.17) is 4.74 Å². The first kappa shape index (κ1) is 19.0. The number of hydrogen-bond acceptors (Lipinski definition) is 2. The van der Waals surface area contributed by atoms with Crippen LogP contribution >= 0.6 is 0 Å². The Hall–Kier alpha value is -0.0800. The van der Waals surface area contributed by atoms with E-state index in [9.17, 15) is 0 Å². The van der Waals surface area contributed by atoms with Crippen LogP contribution in [0.1, 0.15) is 91.4 Å². The number of likely N-dealkylation sites (N-methyl/N-ethyl adjacent to an activating group) is 1. The molecule has 0 aromatic heterocycles. The van der Waals surface area contributed by atoms with Gasteiger partial charge < -0.3 is 10.1 Å². The van der Waals surface area contributed by atoms with Crippen molar-refractivity contribution < 1.29 is 4.74 Å². The van der Waals surface area contributed by atoms with Gasteiger partial charge in [0.25, 0.3) is 0 Å². The Kier molecular flexibility index (Phi) is 9.59. The Bertz CT molecular complexity index is 252. The molecule has 1 fully saturated rings. The Morgan fingerprint density at radius 2 is 1.86 bits per heavy atom. The highest BCUT2D eigenvalue weighted by Gasteiger charge is 2.41. The molecular weight excluding hydrogens is 258 g/mol. The van der Waals surface area contributed by atoms with E-state index in [1.807, 2.05) is 0 Å². The molecule has 0 aromatic carbocycles. The van der Waals surface area contributed by atoms with Crippen LogP contribution in [0.5, 0.6) is 0 Å². The Morgan fingerprint density at radius 1 is 1.14 bits per heavy atom. The lowest BCUT2D eigenvalue weighted by Gasteiger charge is -2.45. The van der Waals surface area contributed by atoms with Crippen LogP contribution < -0.4 is 5.32 Å². The molecule has 0 bridgehead atoms. The third-order valence-electron chi connectivity index (χ3n) is 5.25. The van der Waals surface area contributed by atoms with Crippen LogP contribution in [0.15, 0.2) is 0 Å². The van der Waals surface area contributed by atoms with E-state index in [0.717, 1.165) is 12.5 Å². The highest BCUT2D eigenvalue weighted by Crippen LogP contribution is 2.39. The van der Waals surface area contributed by atoms with Gasteiger partial charge >= 0.3 is 0 Å². The second-order valence-electron chi connectivity index (χ2n) is 7.10. The number of hydrogen-bond donors (Lipinski definition) is 1. The molecule has 1 aliphatic carbocycles. The predicted octanol–water partition coefficient (Wildman–Crippen LogP) is 5.31. The maximum atomic E-state index is 6.33. The Labute approximate surface area is 133 Å². The monoisotopic (exact) mass is 297 g/mol. The minimum absolute atomic E-state index is 0.102. The van der Waals surface area contributed by atoms with Crippen LogP contribution in [0, 0.1) is 5.92 Å². The lowest BCUT2D eigenvalue weighted by atomic mass is 9.73. The van der Waals surface area contributed by atoms with Crippen molar-refractivity contribution in [3.63, 3.8) is 0 Å². The molecule has 1 rings (SSSR count). The number of unbranched alkanes of at least 4 members (excludes halogenated alkanes) is 5. The van der Waals surface area contributed by atoms with Gasteiger partial charge in [-0.05, 0) is 39.2 Å². The van der Waals surface area contributed by atoms with Crippen LogP contribution in [0.4, 0.5) is 0 Å². The summed E-state index contributed by atoms with van der Waals surface area (Å²) in [7, 11) is 2.13. The topological polar surface area (TPSA) is 21.3 Å². The first-order valence-electron chi connectivity index (χ1n) is 9.49. The van der Waals surface area contributed by atoms with E-state index >= 15 is 0 Å². The molecule has 1 N–H and O–H groups in total. The molecule has 1 aliphatic rings. The van der Waals surface area contributed by atoms with Crippen LogP contribution in [0.25, 0.3) is 0 Å². The average molecular weight is 298 g/mol. The van der Waals surface area contributed by atoms with E-state index in [0.29, 0.717) is 6.04 Å². The molecule has 2 nitrogen and oxygen atoms in total. The van der Waals surface area contributed by atoms with Gasteiger partial charge in [-0.25, -0.2) is 0 Å². The van der Waals surface area contributed by atoms with Crippen molar-refractivity contribution in [2.45, 2.75) is 103 Å². The van der Waals surface area contributed by atoms with Crippen LogP contribution in [0.2, 0.25) is 0 Å². The summed E-state index contributed by atoms with van der Waals surface area (Å²) in [6, 6.07) is 0.534. The first-order chi connectivity index (χ1) is 10.2. The molecule has 0 radical (unpaired) electrons. The standard InChI is InChI=1S/C19H39NO/c1-5-7-8-9-10-11-14-18(20-4)19(21-6-2)15-12-13-17(3)16-19/h17-18,20H,5-16H2,1-4H3. The van der Waals surface area contributed by atoms with Gasteiger partial charge in [0.1, 0.15) is 0 Å². The van der Waals surface area contributed by atoms with Gasteiger partial charge in [0, 0.05) is 12.6 Å². The molecule has 0 amide bonds. The van der Waals surface area contributed by atoms with Crippen LogP contribution in [0.3, 0.4) is 0 Å². The smallest absolute Gasteiger partial charge is 0.0837 e. The minimum atomic E-state index is 0.102. The second kappa shape index (κ2) is 10.6.